The fourth-order valence-corrected chi connectivity index (χ4v) is 2.49. The van der Waals surface area contributed by atoms with Gasteiger partial charge in [0.15, 0.2) is 17.6 Å². The van der Waals surface area contributed by atoms with Crippen molar-refractivity contribution >= 4 is 5.97 Å². The molecule has 1 heterocycles. The molecule has 0 aliphatic carbocycles. The summed E-state index contributed by atoms with van der Waals surface area (Å²) in [6.45, 7) is 2.42. The van der Waals surface area contributed by atoms with E-state index < -0.39 is 18.0 Å². The predicted octanol–water partition coefficient (Wildman–Crippen LogP) is 2.78. The van der Waals surface area contributed by atoms with Gasteiger partial charge in [-0.3, -0.25) is 4.90 Å². The van der Waals surface area contributed by atoms with Crippen molar-refractivity contribution in [3.05, 3.63) is 23.8 Å². The molecule has 0 bridgehead atoms. The van der Waals surface area contributed by atoms with Crippen LogP contribution >= 0.6 is 0 Å². The Morgan fingerprint density at radius 2 is 2.04 bits per heavy atom. The van der Waals surface area contributed by atoms with Crippen molar-refractivity contribution in [2.45, 2.75) is 38.3 Å². The summed E-state index contributed by atoms with van der Waals surface area (Å²) in [5, 5.41) is 9.02. The molecule has 0 amide bonds. The quantitative estimate of drug-likeness (QED) is 0.870. The van der Waals surface area contributed by atoms with Crippen molar-refractivity contribution in [2.75, 3.05) is 20.2 Å². The summed E-state index contributed by atoms with van der Waals surface area (Å²) in [6, 6.07) is 5.24. The second-order valence-corrected chi connectivity index (χ2v) is 5.68. The topological polar surface area (TPSA) is 59.0 Å². The molecule has 1 fully saturated rings. The van der Waals surface area contributed by atoms with E-state index in [0.29, 0.717) is 18.0 Å². The van der Waals surface area contributed by atoms with Crippen LogP contribution in [0.4, 0.5) is 8.78 Å². The van der Waals surface area contributed by atoms with Crippen LogP contribution in [0, 0.1) is 0 Å². The smallest absolute Gasteiger partial charge is 0.344 e. The maximum atomic E-state index is 13.2. The molecule has 1 saturated heterocycles. The van der Waals surface area contributed by atoms with Crippen molar-refractivity contribution < 1.29 is 28.2 Å². The van der Waals surface area contributed by atoms with E-state index >= 15 is 0 Å². The lowest BCUT2D eigenvalue weighted by Crippen LogP contribution is -2.39. The van der Waals surface area contributed by atoms with Crippen molar-refractivity contribution in [2.24, 2.45) is 0 Å². The lowest BCUT2D eigenvalue weighted by molar-refractivity contribution is -0.144. The molecule has 23 heavy (non-hydrogen) atoms. The molecule has 0 unspecified atom stereocenters. The van der Waals surface area contributed by atoms with Crippen molar-refractivity contribution in [1.29, 1.82) is 0 Å². The van der Waals surface area contributed by atoms with Gasteiger partial charge < -0.3 is 14.6 Å². The van der Waals surface area contributed by atoms with Gasteiger partial charge in [-0.2, -0.15) is 0 Å². The molecule has 1 atom stereocenters. The van der Waals surface area contributed by atoms with Crippen LogP contribution in [0.3, 0.4) is 0 Å². The number of carbonyl (C=O) groups is 1. The molecule has 5 nitrogen and oxygen atoms in total. The summed E-state index contributed by atoms with van der Waals surface area (Å²) in [4.78, 5) is 12.9. The normalized spacial score (nSPS) is 19.1. The molecule has 1 aromatic carbocycles. The lowest BCUT2D eigenvalue weighted by atomic mass is 10.1. The fraction of sp³-hybridized carbons (Fsp3) is 0.562. The summed E-state index contributed by atoms with van der Waals surface area (Å²) < 4.78 is 37.2. The lowest BCUT2D eigenvalue weighted by Gasteiger charge is -2.32. The molecule has 7 heteroatoms. The minimum absolute atomic E-state index is 0.168. The van der Waals surface area contributed by atoms with Gasteiger partial charge in [-0.05, 0) is 13.0 Å². The molecular weight excluding hydrogens is 308 g/mol. The molecule has 0 radical (unpaired) electrons. The van der Waals surface area contributed by atoms with Gasteiger partial charge in [0, 0.05) is 38.0 Å². The number of halogens is 2. The first-order valence-electron chi connectivity index (χ1n) is 7.48. The Morgan fingerprint density at radius 1 is 1.39 bits per heavy atom. The number of methoxy groups -OCH3 is 1. The zero-order valence-electron chi connectivity index (χ0n) is 13.2. The van der Waals surface area contributed by atoms with E-state index in [1.807, 2.05) is 4.90 Å². The van der Waals surface area contributed by atoms with Crippen LogP contribution in [0.25, 0.3) is 0 Å². The minimum Gasteiger partial charge on any atom is -0.493 e. The summed E-state index contributed by atoms with van der Waals surface area (Å²) in [7, 11) is 1.47. The van der Waals surface area contributed by atoms with Crippen LogP contribution in [0.5, 0.6) is 11.5 Å². The molecule has 1 aliphatic rings. The average molecular weight is 329 g/mol. The number of aliphatic carboxylic acids is 1. The fourth-order valence-electron chi connectivity index (χ4n) is 2.49. The summed E-state index contributed by atoms with van der Waals surface area (Å²) in [5.74, 6) is -2.90. The van der Waals surface area contributed by atoms with Crippen LogP contribution in [0.1, 0.15) is 25.3 Å². The first kappa shape index (κ1) is 17.5. The van der Waals surface area contributed by atoms with Crippen molar-refractivity contribution in [3.8, 4) is 11.5 Å². The van der Waals surface area contributed by atoms with Gasteiger partial charge in [0.25, 0.3) is 5.92 Å². The Bertz CT molecular complexity index is 555. The van der Waals surface area contributed by atoms with E-state index in [-0.39, 0.29) is 25.9 Å². The van der Waals surface area contributed by atoms with Gasteiger partial charge >= 0.3 is 5.97 Å². The molecule has 1 aliphatic heterocycles. The number of piperidine rings is 1. The zero-order chi connectivity index (χ0) is 17.0. The predicted molar refractivity (Wildman–Crippen MR) is 80.2 cm³/mol. The summed E-state index contributed by atoms with van der Waals surface area (Å²) in [6.07, 6.45) is -1.37. The molecule has 1 aromatic rings. The number of ether oxygens (including phenoxy) is 2. The zero-order valence-corrected chi connectivity index (χ0v) is 13.2. The number of nitrogens with zero attached hydrogens (tertiary/aromatic N) is 1. The third-order valence-electron chi connectivity index (χ3n) is 3.90. The van der Waals surface area contributed by atoms with E-state index in [1.165, 1.54) is 14.0 Å². The highest BCUT2D eigenvalue weighted by Gasteiger charge is 2.34. The number of para-hydroxylation sites is 1. The molecule has 0 saturated carbocycles. The van der Waals surface area contributed by atoms with Gasteiger partial charge in [0.05, 0.1) is 7.11 Å². The van der Waals surface area contributed by atoms with E-state index in [2.05, 4.69) is 0 Å². The van der Waals surface area contributed by atoms with Gasteiger partial charge in [0.1, 0.15) is 0 Å². The highest BCUT2D eigenvalue weighted by atomic mass is 19.3. The van der Waals surface area contributed by atoms with Gasteiger partial charge in [0.2, 0.25) is 0 Å². The molecule has 0 aromatic heterocycles. The van der Waals surface area contributed by atoms with Gasteiger partial charge in [-0.15, -0.1) is 0 Å². The van der Waals surface area contributed by atoms with Crippen LogP contribution in [-0.4, -0.2) is 48.2 Å². The number of carboxylic acids is 1. The maximum absolute atomic E-state index is 13.2. The molecular formula is C16H21F2NO4. The maximum Gasteiger partial charge on any atom is 0.344 e. The Balaban J connectivity index is 2.16. The van der Waals surface area contributed by atoms with Crippen LogP contribution in [0.2, 0.25) is 0 Å². The van der Waals surface area contributed by atoms with Crippen molar-refractivity contribution in [1.82, 2.24) is 4.90 Å². The van der Waals surface area contributed by atoms with Crippen LogP contribution < -0.4 is 9.47 Å². The molecule has 128 valence electrons. The third-order valence-corrected chi connectivity index (χ3v) is 3.90. The molecule has 0 spiro atoms. The summed E-state index contributed by atoms with van der Waals surface area (Å²) in [5.41, 5.74) is 0.725. The van der Waals surface area contributed by atoms with Crippen LogP contribution in [0.15, 0.2) is 18.2 Å². The Kier molecular flexibility index (Phi) is 5.41. The van der Waals surface area contributed by atoms with E-state index in [4.69, 9.17) is 14.6 Å². The Labute approximate surface area is 133 Å². The van der Waals surface area contributed by atoms with E-state index in [1.54, 1.807) is 18.2 Å². The number of rotatable bonds is 6. The number of hydrogen-bond acceptors (Lipinski definition) is 4. The van der Waals surface area contributed by atoms with Gasteiger partial charge in [-0.25, -0.2) is 13.6 Å². The van der Waals surface area contributed by atoms with E-state index in [9.17, 15) is 13.6 Å². The average Bonchev–Trinajstić information content (AvgIpc) is 2.50. The minimum atomic E-state index is -2.60. The molecule has 1 N–H and O–H groups in total. The number of carboxylic acid groups (broad SMARTS) is 1. The van der Waals surface area contributed by atoms with Crippen LogP contribution in [-0.2, 0) is 11.3 Å². The first-order valence-corrected chi connectivity index (χ1v) is 7.48. The Morgan fingerprint density at radius 3 is 2.61 bits per heavy atom. The SMILES string of the molecule is COc1cccc(CN2CCC(F)(F)CC2)c1O[C@@H](C)C(=O)O. The monoisotopic (exact) mass is 329 g/mol. The second kappa shape index (κ2) is 7.12. The summed E-state index contributed by atoms with van der Waals surface area (Å²) >= 11 is 0. The third kappa shape index (κ3) is 4.54. The molecule has 2 rings (SSSR count). The largest absolute Gasteiger partial charge is 0.493 e. The highest BCUT2D eigenvalue weighted by molar-refractivity contribution is 5.72. The standard InChI is InChI=1S/C16H21F2NO4/c1-11(15(20)21)23-14-12(4-3-5-13(14)22-2)10-19-8-6-16(17,18)7-9-19/h3-5,11H,6-10H2,1-2H3,(H,20,21)/t11-/m0/s1. The number of alkyl halides is 2. The number of benzene rings is 1. The number of likely N-dealkylation sites (tertiary alicyclic amines) is 1. The van der Waals surface area contributed by atoms with Crippen molar-refractivity contribution in [3.63, 3.8) is 0 Å². The second-order valence-electron chi connectivity index (χ2n) is 5.68. The van der Waals surface area contributed by atoms with E-state index in [0.717, 1.165) is 5.56 Å². The highest BCUT2D eigenvalue weighted by Crippen LogP contribution is 2.34. The first-order chi connectivity index (χ1) is 10.8. The number of hydrogen-bond donors (Lipinski definition) is 1. The Hall–Kier alpha value is -1.89. The van der Waals surface area contributed by atoms with Gasteiger partial charge in [-0.1, -0.05) is 12.1 Å².